The van der Waals surface area contributed by atoms with Crippen molar-refractivity contribution < 1.29 is 35.8 Å². The van der Waals surface area contributed by atoms with E-state index in [2.05, 4.69) is 0 Å². The van der Waals surface area contributed by atoms with Gasteiger partial charge in [-0.05, 0) is 24.3 Å². The van der Waals surface area contributed by atoms with Crippen LogP contribution in [0.3, 0.4) is 0 Å². The fraction of sp³-hybridized carbons (Fsp3) is 0.235. The Labute approximate surface area is 151 Å². The first kappa shape index (κ1) is 19.1. The molecule has 0 aliphatic heterocycles. The Balaban J connectivity index is 2.19. The molecule has 2 aromatic carbocycles. The van der Waals surface area contributed by atoms with Crippen LogP contribution in [0.15, 0.2) is 35.2 Å². The molecule has 2 aromatic rings. The Kier molecular flexibility index (Phi) is 4.40. The second-order valence-corrected chi connectivity index (χ2v) is 7.94. The molecule has 0 amide bonds. The zero-order valence-electron chi connectivity index (χ0n) is 13.6. The topological polar surface area (TPSA) is 87.4 Å². The molecule has 0 fully saturated rings. The molecular weight excluding hydrogens is 390 g/mol. The van der Waals surface area contributed by atoms with Crippen LogP contribution in [0.2, 0.25) is 0 Å². The van der Waals surface area contributed by atoms with Gasteiger partial charge in [0.1, 0.15) is 29.5 Å². The molecule has 27 heavy (non-hydrogen) atoms. The van der Waals surface area contributed by atoms with Crippen molar-refractivity contribution in [3.63, 3.8) is 0 Å². The zero-order valence-corrected chi connectivity index (χ0v) is 14.4. The van der Waals surface area contributed by atoms with Crippen molar-refractivity contribution in [2.24, 2.45) is 0 Å². The maximum absolute atomic E-state index is 14.4. The molecule has 0 saturated heterocycles. The first-order chi connectivity index (χ1) is 12.5. The molecule has 5 nitrogen and oxygen atoms in total. The van der Waals surface area contributed by atoms with Gasteiger partial charge in [0.25, 0.3) is 0 Å². The summed E-state index contributed by atoms with van der Waals surface area (Å²) in [6.07, 6.45) is -4.97. The first-order valence-electron chi connectivity index (χ1n) is 7.42. The Morgan fingerprint density at radius 2 is 1.89 bits per heavy atom. The number of halogens is 4. The van der Waals surface area contributed by atoms with Crippen molar-refractivity contribution in [3.05, 3.63) is 52.8 Å². The third kappa shape index (κ3) is 3.02. The van der Waals surface area contributed by atoms with Crippen LogP contribution in [0.1, 0.15) is 29.0 Å². The highest BCUT2D eigenvalue weighted by Gasteiger charge is 2.58. The van der Waals surface area contributed by atoms with E-state index in [0.717, 1.165) is 36.6 Å². The molecule has 1 N–H and O–H groups in total. The van der Waals surface area contributed by atoms with Crippen LogP contribution in [0.4, 0.5) is 17.6 Å². The maximum atomic E-state index is 14.4. The summed E-state index contributed by atoms with van der Waals surface area (Å²) in [5.41, 5.74) is -1.98. The average Bonchev–Trinajstić information content (AvgIpc) is 2.77. The van der Waals surface area contributed by atoms with E-state index in [-0.39, 0.29) is 11.3 Å². The molecule has 0 radical (unpaired) electrons. The van der Waals surface area contributed by atoms with Crippen LogP contribution in [0, 0.1) is 17.1 Å². The molecule has 10 heteroatoms. The summed E-state index contributed by atoms with van der Waals surface area (Å²) >= 11 is 0. The van der Waals surface area contributed by atoms with E-state index in [9.17, 15) is 31.1 Å². The molecule has 0 aromatic heterocycles. The summed E-state index contributed by atoms with van der Waals surface area (Å²) < 4.78 is 84.8. The number of hydrogen-bond acceptors (Lipinski definition) is 5. The van der Waals surface area contributed by atoms with E-state index < -0.39 is 55.6 Å². The molecular formula is C17H11F4NO4S. The standard InChI is InChI=1S/C17H11F4NO4S/c1-27(24,25)12-5-4-11(13-14(12)16(23)17(20,21)15(13)19)26-9-2-3-10(18)8(6-9)7-22/h2-6,15-16,23H,1H3/t15-,16+/m1/s1. The number of hydrogen-bond donors (Lipinski definition) is 1. The van der Waals surface area contributed by atoms with Gasteiger partial charge in [0.2, 0.25) is 0 Å². The van der Waals surface area contributed by atoms with E-state index in [1.807, 2.05) is 0 Å². The minimum atomic E-state index is -4.26. The molecule has 142 valence electrons. The van der Waals surface area contributed by atoms with Gasteiger partial charge < -0.3 is 9.84 Å². The number of aliphatic hydroxyl groups excluding tert-OH is 1. The van der Waals surface area contributed by atoms with Crippen molar-refractivity contribution in [2.75, 3.05) is 6.26 Å². The van der Waals surface area contributed by atoms with Crippen LogP contribution in [-0.4, -0.2) is 25.7 Å². The third-order valence-electron chi connectivity index (χ3n) is 4.12. The molecule has 1 aliphatic carbocycles. The van der Waals surface area contributed by atoms with Crippen molar-refractivity contribution in [2.45, 2.75) is 23.1 Å². The molecule has 0 spiro atoms. The predicted octanol–water partition coefficient (Wildman–Crippen LogP) is 3.59. The summed E-state index contributed by atoms with van der Waals surface area (Å²) in [6.45, 7) is 0. The molecule has 0 bridgehead atoms. The Hall–Kier alpha value is -2.64. The second-order valence-electron chi connectivity index (χ2n) is 5.96. The van der Waals surface area contributed by atoms with E-state index in [1.54, 1.807) is 6.07 Å². The largest absolute Gasteiger partial charge is 0.457 e. The number of benzene rings is 2. The van der Waals surface area contributed by atoms with Gasteiger partial charge in [-0.3, -0.25) is 0 Å². The van der Waals surface area contributed by atoms with Crippen molar-refractivity contribution >= 4 is 9.84 Å². The highest BCUT2D eigenvalue weighted by atomic mass is 32.2. The Bertz CT molecular complexity index is 1080. The minimum absolute atomic E-state index is 0.154. The smallest absolute Gasteiger partial charge is 0.312 e. The fourth-order valence-corrected chi connectivity index (χ4v) is 3.79. The van der Waals surface area contributed by atoms with Crippen LogP contribution in [-0.2, 0) is 9.84 Å². The lowest BCUT2D eigenvalue weighted by Crippen LogP contribution is -2.24. The Morgan fingerprint density at radius 1 is 1.22 bits per heavy atom. The number of sulfone groups is 1. The number of alkyl halides is 3. The number of fused-ring (bicyclic) bond motifs is 1. The highest BCUT2D eigenvalue weighted by molar-refractivity contribution is 7.90. The summed E-state index contributed by atoms with van der Waals surface area (Å²) in [5, 5.41) is 18.7. The summed E-state index contributed by atoms with van der Waals surface area (Å²) in [6, 6.07) is 6.40. The normalized spacial score (nSPS) is 20.8. The lowest BCUT2D eigenvalue weighted by Gasteiger charge is -2.16. The second kappa shape index (κ2) is 6.21. The van der Waals surface area contributed by atoms with Gasteiger partial charge in [-0.1, -0.05) is 0 Å². The SMILES string of the molecule is CS(=O)(=O)c1ccc(Oc2ccc(F)c(C#N)c2)c2c1[C@H](O)C(F)(F)[C@@H]2F. The average molecular weight is 401 g/mol. The molecule has 1 aliphatic rings. The summed E-state index contributed by atoms with van der Waals surface area (Å²) in [4.78, 5) is -0.644. The Morgan fingerprint density at radius 3 is 2.48 bits per heavy atom. The lowest BCUT2D eigenvalue weighted by atomic mass is 10.1. The first-order valence-corrected chi connectivity index (χ1v) is 9.32. The number of nitriles is 1. The van der Waals surface area contributed by atoms with E-state index in [1.165, 1.54) is 0 Å². The van der Waals surface area contributed by atoms with Crippen molar-refractivity contribution in [1.82, 2.24) is 0 Å². The van der Waals surface area contributed by atoms with Gasteiger partial charge >= 0.3 is 5.92 Å². The third-order valence-corrected chi connectivity index (χ3v) is 5.28. The number of rotatable bonds is 3. The zero-order chi connectivity index (χ0) is 20.1. The van der Waals surface area contributed by atoms with Crippen molar-refractivity contribution in [3.8, 4) is 17.6 Å². The minimum Gasteiger partial charge on any atom is -0.457 e. The summed E-state index contributed by atoms with van der Waals surface area (Å²) in [7, 11) is -4.05. The fourth-order valence-electron chi connectivity index (χ4n) is 2.86. The molecule has 3 rings (SSSR count). The van der Waals surface area contributed by atoms with E-state index in [4.69, 9.17) is 10.00 Å². The highest BCUT2D eigenvalue weighted by Crippen LogP contribution is 2.57. The van der Waals surface area contributed by atoms with E-state index >= 15 is 0 Å². The maximum Gasteiger partial charge on any atom is 0.312 e. The van der Waals surface area contributed by atoms with Gasteiger partial charge in [-0.25, -0.2) is 17.2 Å². The van der Waals surface area contributed by atoms with Crippen LogP contribution in [0.5, 0.6) is 11.5 Å². The van der Waals surface area contributed by atoms with Crippen LogP contribution in [0.25, 0.3) is 0 Å². The van der Waals surface area contributed by atoms with Crippen LogP contribution < -0.4 is 4.74 Å². The molecule has 2 atom stereocenters. The molecule has 0 unspecified atom stereocenters. The van der Waals surface area contributed by atoms with Gasteiger partial charge in [0, 0.05) is 23.4 Å². The predicted molar refractivity (Wildman–Crippen MR) is 84.5 cm³/mol. The summed E-state index contributed by atoms with van der Waals surface area (Å²) in [5.74, 6) is -5.73. The molecule has 0 heterocycles. The lowest BCUT2D eigenvalue weighted by molar-refractivity contribution is -0.143. The quantitative estimate of drug-likeness (QED) is 0.795. The van der Waals surface area contributed by atoms with Gasteiger partial charge in [-0.15, -0.1) is 0 Å². The van der Waals surface area contributed by atoms with Gasteiger partial charge in [0.15, 0.2) is 16.0 Å². The molecule has 0 saturated carbocycles. The van der Waals surface area contributed by atoms with Crippen LogP contribution >= 0.6 is 0 Å². The van der Waals surface area contributed by atoms with Crippen molar-refractivity contribution in [1.29, 1.82) is 5.26 Å². The number of ether oxygens (including phenoxy) is 1. The monoisotopic (exact) mass is 401 g/mol. The van der Waals surface area contributed by atoms with E-state index in [0.29, 0.717) is 0 Å². The van der Waals surface area contributed by atoms with Gasteiger partial charge in [-0.2, -0.15) is 14.0 Å². The number of nitrogens with zero attached hydrogens (tertiary/aromatic N) is 1. The van der Waals surface area contributed by atoms with Gasteiger partial charge in [0.05, 0.1) is 10.5 Å². The number of aliphatic hydroxyl groups is 1.